The van der Waals surface area contributed by atoms with Gasteiger partial charge in [0.05, 0.1) is 25.7 Å². The third kappa shape index (κ3) is 6.17. The van der Waals surface area contributed by atoms with Crippen LogP contribution in [0.1, 0.15) is 63.0 Å². The Hall–Kier alpha value is -2.57. The lowest BCUT2D eigenvalue weighted by molar-refractivity contribution is -0.145. The van der Waals surface area contributed by atoms with E-state index < -0.39 is 6.10 Å². The van der Waals surface area contributed by atoms with Gasteiger partial charge in [0, 0.05) is 31.0 Å². The first-order valence-electron chi connectivity index (χ1n) is 12.8. The predicted molar refractivity (Wildman–Crippen MR) is 136 cm³/mol. The zero-order valence-corrected chi connectivity index (χ0v) is 21.2. The summed E-state index contributed by atoms with van der Waals surface area (Å²) in [6.45, 7) is 6.38. The van der Waals surface area contributed by atoms with Gasteiger partial charge in [-0.1, -0.05) is 43.3 Å². The van der Waals surface area contributed by atoms with Crippen molar-refractivity contribution < 1.29 is 24.1 Å². The fraction of sp³-hybridized carbons (Fsp3) is 0.552. The highest BCUT2D eigenvalue weighted by Crippen LogP contribution is 2.47. The molecule has 3 atom stereocenters. The van der Waals surface area contributed by atoms with Gasteiger partial charge in [0.2, 0.25) is 0 Å². The first-order valence-corrected chi connectivity index (χ1v) is 12.8. The molecular formula is C29H39NO5. The number of likely N-dealkylation sites (tertiary alicyclic amines) is 1. The number of nitrogens with zero attached hydrogens (tertiary/aromatic N) is 1. The molecule has 0 bridgehead atoms. The van der Waals surface area contributed by atoms with Crippen LogP contribution in [0.25, 0.3) is 0 Å². The number of carbonyl (C=O) groups is 1. The highest BCUT2D eigenvalue weighted by atomic mass is 16.5. The SMILES string of the molecule is COc1ccc([C@@H]2CN(CCC(=O)OCc3ccccc3)C[C@@]2(C)[C@@H](C)O)cc1OC1CCCC1. The van der Waals surface area contributed by atoms with Crippen molar-refractivity contribution in [2.45, 2.75) is 70.7 Å². The monoisotopic (exact) mass is 481 g/mol. The second-order valence-electron chi connectivity index (χ2n) is 10.3. The Morgan fingerprint density at radius 1 is 1.14 bits per heavy atom. The van der Waals surface area contributed by atoms with E-state index >= 15 is 0 Å². The van der Waals surface area contributed by atoms with Crippen LogP contribution in [-0.2, 0) is 16.1 Å². The molecule has 2 aliphatic rings. The molecule has 2 fully saturated rings. The summed E-state index contributed by atoms with van der Waals surface area (Å²) in [4.78, 5) is 14.6. The van der Waals surface area contributed by atoms with Crippen LogP contribution in [0.4, 0.5) is 0 Å². The van der Waals surface area contributed by atoms with Crippen LogP contribution in [0.3, 0.4) is 0 Å². The average molecular weight is 482 g/mol. The first kappa shape index (κ1) is 25.5. The van der Waals surface area contributed by atoms with Gasteiger partial charge in [-0.2, -0.15) is 0 Å². The van der Waals surface area contributed by atoms with Crippen LogP contribution in [0.5, 0.6) is 11.5 Å². The highest BCUT2D eigenvalue weighted by molar-refractivity contribution is 5.69. The van der Waals surface area contributed by atoms with Crippen molar-refractivity contribution in [2.75, 3.05) is 26.7 Å². The summed E-state index contributed by atoms with van der Waals surface area (Å²) in [6.07, 6.45) is 4.64. The number of ether oxygens (including phenoxy) is 3. The highest BCUT2D eigenvalue weighted by Gasteiger charge is 2.47. The van der Waals surface area contributed by atoms with Crippen molar-refractivity contribution in [3.05, 3.63) is 59.7 Å². The zero-order valence-electron chi connectivity index (χ0n) is 21.2. The maximum absolute atomic E-state index is 12.4. The molecule has 1 heterocycles. The third-order valence-corrected chi connectivity index (χ3v) is 7.82. The Kier molecular flexibility index (Phi) is 8.34. The molecule has 1 aliphatic heterocycles. The van der Waals surface area contributed by atoms with Crippen molar-refractivity contribution >= 4 is 5.97 Å². The zero-order chi connectivity index (χ0) is 24.8. The van der Waals surface area contributed by atoms with Gasteiger partial charge < -0.3 is 24.2 Å². The number of carbonyl (C=O) groups excluding carboxylic acids is 1. The summed E-state index contributed by atoms with van der Waals surface area (Å²) in [6, 6.07) is 15.9. The van der Waals surface area contributed by atoms with Crippen molar-refractivity contribution in [3.8, 4) is 11.5 Å². The van der Waals surface area contributed by atoms with Crippen molar-refractivity contribution in [1.82, 2.24) is 4.90 Å². The van der Waals surface area contributed by atoms with Crippen LogP contribution in [-0.4, -0.2) is 54.9 Å². The topological polar surface area (TPSA) is 68.2 Å². The van der Waals surface area contributed by atoms with E-state index in [0.29, 0.717) is 26.1 Å². The lowest BCUT2D eigenvalue weighted by Gasteiger charge is -2.34. The summed E-state index contributed by atoms with van der Waals surface area (Å²) in [5, 5.41) is 10.8. The smallest absolute Gasteiger partial charge is 0.307 e. The van der Waals surface area contributed by atoms with E-state index in [1.54, 1.807) is 7.11 Å². The lowest BCUT2D eigenvalue weighted by atomic mass is 9.72. The van der Waals surface area contributed by atoms with E-state index in [-0.39, 0.29) is 23.4 Å². The van der Waals surface area contributed by atoms with Gasteiger partial charge in [-0.25, -0.2) is 0 Å². The van der Waals surface area contributed by atoms with Gasteiger partial charge in [-0.3, -0.25) is 4.79 Å². The largest absolute Gasteiger partial charge is 0.493 e. The Labute approximate surface area is 209 Å². The molecule has 0 unspecified atom stereocenters. The molecule has 1 saturated carbocycles. The number of rotatable bonds is 10. The summed E-state index contributed by atoms with van der Waals surface area (Å²) < 4.78 is 17.4. The van der Waals surface area contributed by atoms with Crippen LogP contribution in [0.2, 0.25) is 0 Å². The molecule has 0 aromatic heterocycles. The molecule has 2 aromatic rings. The Bertz CT molecular complexity index is 972. The molecule has 190 valence electrons. The van der Waals surface area contributed by atoms with Crippen LogP contribution in [0.15, 0.2) is 48.5 Å². The second kappa shape index (κ2) is 11.4. The van der Waals surface area contributed by atoms with Crippen molar-refractivity contribution in [2.24, 2.45) is 5.41 Å². The quantitative estimate of drug-likeness (QED) is 0.485. The van der Waals surface area contributed by atoms with Crippen LogP contribution in [0, 0.1) is 5.41 Å². The van der Waals surface area contributed by atoms with E-state index in [2.05, 4.69) is 24.0 Å². The van der Waals surface area contributed by atoms with E-state index in [1.165, 1.54) is 12.8 Å². The predicted octanol–water partition coefficient (Wildman–Crippen LogP) is 4.94. The number of aliphatic hydroxyl groups excluding tert-OH is 1. The summed E-state index contributed by atoms with van der Waals surface area (Å²) in [5.41, 5.74) is 1.78. The molecule has 4 rings (SSSR count). The molecule has 0 spiro atoms. The van der Waals surface area contributed by atoms with Gasteiger partial charge >= 0.3 is 5.97 Å². The van der Waals surface area contributed by atoms with Crippen LogP contribution < -0.4 is 9.47 Å². The average Bonchev–Trinajstić information content (AvgIpc) is 3.50. The van der Waals surface area contributed by atoms with Crippen molar-refractivity contribution in [1.29, 1.82) is 0 Å². The van der Waals surface area contributed by atoms with Gasteiger partial charge in [0.1, 0.15) is 6.61 Å². The van der Waals surface area contributed by atoms with Gasteiger partial charge in [-0.05, 0) is 55.9 Å². The normalized spacial score (nSPS) is 23.8. The molecule has 6 heteroatoms. The summed E-state index contributed by atoms with van der Waals surface area (Å²) >= 11 is 0. The molecule has 0 amide bonds. The van der Waals surface area contributed by atoms with Crippen LogP contribution >= 0.6 is 0 Å². The minimum atomic E-state index is -0.496. The summed E-state index contributed by atoms with van der Waals surface area (Å²) in [5.74, 6) is 1.44. The number of benzene rings is 2. The molecule has 1 saturated heterocycles. The van der Waals surface area contributed by atoms with E-state index in [1.807, 2.05) is 43.3 Å². The minimum absolute atomic E-state index is 0.111. The molecule has 6 nitrogen and oxygen atoms in total. The minimum Gasteiger partial charge on any atom is -0.493 e. The number of esters is 1. The molecule has 0 radical (unpaired) electrons. The maximum atomic E-state index is 12.4. The van der Waals surface area contributed by atoms with Crippen molar-refractivity contribution in [3.63, 3.8) is 0 Å². The molecule has 1 aliphatic carbocycles. The summed E-state index contributed by atoms with van der Waals surface area (Å²) in [7, 11) is 1.67. The Morgan fingerprint density at radius 2 is 1.89 bits per heavy atom. The molecule has 1 N–H and O–H groups in total. The third-order valence-electron chi connectivity index (χ3n) is 7.82. The lowest BCUT2D eigenvalue weighted by Crippen LogP contribution is -2.37. The van der Waals surface area contributed by atoms with Gasteiger partial charge in [0.25, 0.3) is 0 Å². The van der Waals surface area contributed by atoms with E-state index in [0.717, 1.165) is 42.0 Å². The number of hydrogen-bond donors (Lipinski definition) is 1. The molecule has 2 aromatic carbocycles. The van der Waals surface area contributed by atoms with E-state index in [9.17, 15) is 9.90 Å². The number of hydrogen-bond acceptors (Lipinski definition) is 6. The molecule has 35 heavy (non-hydrogen) atoms. The fourth-order valence-corrected chi connectivity index (χ4v) is 5.45. The first-order chi connectivity index (χ1) is 16.9. The fourth-order valence-electron chi connectivity index (χ4n) is 5.45. The number of methoxy groups -OCH3 is 1. The Balaban J connectivity index is 1.42. The number of aliphatic hydroxyl groups is 1. The Morgan fingerprint density at radius 3 is 2.57 bits per heavy atom. The van der Waals surface area contributed by atoms with E-state index in [4.69, 9.17) is 14.2 Å². The van der Waals surface area contributed by atoms with Gasteiger partial charge in [-0.15, -0.1) is 0 Å². The molecular weight excluding hydrogens is 442 g/mol. The second-order valence-corrected chi connectivity index (χ2v) is 10.3. The standard InChI is InChI=1S/C29H39NO5/c1-21(31)29(2)20-30(16-15-28(32)34-19-22-9-5-4-6-10-22)18-25(29)23-13-14-26(33-3)27(17-23)35-24-11-7-8-12-24/h4-6,9-10,13-14,17,21,24-25,31H,7-8,11-12,15-16,18-20H2,1-3H3/t21-,25+,29+/m1/s1. The van der Waals surface area contributed by atoms with Gasteiger partial charge in [0.15, 0.2) is 11.5 Å². The maximum Gasteiger partial charge on any atom is 0.307 e.